The highest BCUT2D eigenvalue weighted by molar-refractivity contribution is 7.89. The van der Waals surface area contributed by atoms with Gasteiger partial charge in [-0.2, -0.15) is 13.2 Å². The Morgan fingerprint density at radius 3 is 2.69 bits per heavy atom. The molecule has 0 radical (unpaired) electrons. The lowest BCUT2D eigenvalue weighted by Gasteiger charge is -2.32. The lowest BCUT2D eigenvalue weighted by atomic mass is 9.91. The van der Waals surface area contributed by atoms with Crippen molar-refractivity contribution in [3.63, 3.8) is 0 Å². The minimum absolute atomic E-state index is 0.0510. The van der Waals surface area contributed by atoms with Gasteiger partial charge in [0.15, 0.2) is 16.6 Å². The van der Waals surface area contributed by atoms with Crippen molar-refractivity contribution < 1.29 is 35.5 Å². The summed E-state index contributed by atoms with van der Waals surface area (Å²) in [5.74, 6) is -2.86. The van der Waals surface area contributed by atoms with Gasteiger partial charge in [-0.1, -0.05) is 6.07 Å². The molecular weight excluding hydrogens is 524 g/mol. The van der Waals surface area contributed by atoms with Crippen molar-refractivity contribution in [1.82, 2.24) is 14.6 Å². The Bertz CT molecular complexity index is 1320. The molecule has 1 fully saturated rings. The summed E-state index contributed by atoms with van der Waals surface area (Å²) in [6.07, 6.45) is -3.44. The topological polar surface area (TPSA) is 101 Å². The van der Waals surface area contributed by atoms with Crippen molar-refractivity contribution in [3.05, 3.63) is 63.0 Å². The lowest BCUT2D eigenvalue weighted by Crippen LogP contribution is -2.42. The number of aromatic nitrogens is 1. The molecule has 0 saturated carbocycles. The number of thiazole rings is 1. The number of sulfonamides is 1. The molecule has 14 heteroatoms. The summed E-state index contributed by atoms with van der Waals surface area (Å²) in [4.78, 5) is 23.7. The van der Waals surface area contributed by atoms with Gasteiger partial charge in [0, 0.05) is 36.3 Å². The van der Waals surface area contributed by atoms with E-state index in [9.17, 15) is 30.8 Å². The minimum Gasteiger partial charge on any atom is -0.463 e. The fraction of sp³-hybridized carbons (Fsp3) is 0.409. The number of nitrogens with one attached hydrogen (secondary N) is 1. The second kappa shape index (κ2) is 9.90. The average molecular weight is 547 g/mol. The highest BCUT2D eigenvalue weighted by Crippen LogP contribution is 2.41. The van der Waals surface area contributed by atoms with E-state index < -0.39 is 45.8 Å². The first-order chi connectivity index (χ1) is 16.9. The van der Waals surface area contributed by atoms with Gasteiger partial charge in [0.2, 0.25) is 10.0 Å². The van der Waals surface area contributed by atoms with Gasteiger partial charge in [-0.05, 0) is 37.1 Å². The van der Waals surface area contributed by atoms with Crippen LogP contribution < -0.4 is 4.72 Å². The van der Waals surface area contributed by atoms with Crippen LogP contribution in [-0.4, -0.2) is 61.2 Å². The Morgan fingerprint density at radius 1 is 1.33 bits per heavy atom. The third-order valence-electron chi connectivity index (χ3n) is 5.61. The highest BCUT2D eigenvalue weighted by Gasteiger charge is 2.44. The normalized spacial score (nSPS) is 20.4. The van der Waals surface area contributed by atoms with Crippen LogP contribution in [0.1, 0.15) is 35.5 Å². The molecule has 0 aliphatic carbocycles. The lowest BCUT2D eigenvalue weighted by molar-refractivity contribution is -0.139. The van der Waals surface area contributed by atoms with Crippen molar-refractivity contribution in [2.45, 2.75) is 38.5 Å². The van der Waals surface area contributed by atoms with Crippen LogP contribution in [0, 0.1) is 12.7 Å². The molecule has 4 rings (SSSR count). The third kappa shape index (κ3) is 5.60. The number of carbonyl (C=O) groups is 1. The number of aliphatic imine (C=N–C) groups is 1. The number of alkyl halides is 3. The standard InChI is InChI=1S/C22H22F4N4O4S2/c1-3-34-21(31)17-16-9-14(29-36(32,33)11-22(24,25)26)10-30(16)19(20-27-6-7-35-20)28-18(17)15-5-4-13(23)8-12(15)2/h4-8,14,18,29H,3,9-11H2,1-2H3/t14-,18-/m0/s1. The predicted molar refractivity (Wildman–Crippen MR) is 124 cm³/mol. The Balaban J connectivity index is 1.82. The van der Waals surface area contributed by atoms with Crippen LogP contribution >= 0.6 is 11.3 Å². The zero-order chi connectivity index (χ0) is 26.3. The number of nitrogens with zero attached hydrogens (tertiary/aromatic N) is 3. The molecule has 2 aliphatic heterocycles. The van der Waals surface area contributed by atoms with Crippen LogP contribution in [0.15, 0.2) is 46.0 Å². The predicted octanol–water partition coefficient (Wildman–Crippen LogP) is 3.47. The monoisotopic (exact) mass is 546 g/mol. The van der Waals surface area contributed by atoms with Crippen LogP contribution in [-0.2, 0) is 19.6 Å². The SMILES string of the molecule is CCOC(=O)C1=C2C[C@H](NS(=O)(=O)CC(F)(F)F)CN2C(c2nccs2)=N[C@H]1c1ccc(F)cc1C. The summed E-state index contributed by atoms with van der Waals surface area (Å²) in [7, 11) is -4.70. The molecule has 1 N–H and O–H groups in total. The summed E-state index contributed by atoms with van der Waals surface area (Å²) >= 11 is 1.25. The molecule has 194 valence electrons. The van der Waals surface area contributed by atoms with Gasteiger partial charge in [-0.15, -0.1) is 11.3 Å². The van der Waals surface area contributed by atoms with Gasteiger partial charge in [0.05, 0.1) is 12.2 Å². The summed E-state index contributed by atoms with van der Waals surface area (Å²) < 4.78 is 83.8. The van der Waals surface area contributed by atoms with Crippen molar-refractivity contribution in [3.8, 4) is 0 Å². The first-order valence-corrected chi connectivity index (χ1v) is 13.4. The van der Waals surface area contributed by atoms with E-state index in [2.05, 4.69) is 9.71 Å². The van der Waals surface area contributed by atoms with E-state index in [1.54, 1.807) is 30.3 Å². The first kappa shape index (κ1) is 26.2. The fourth-order valence-electron chi connectivity index (χ4n) is 4.33. The highest BCUT2D eigenvalue weighted by atomic mass is 32.2. The number of ether oxygens (including phenoxy) is 1. The number of hydrogen-bond acceptors (Lipinski definition) is 8. The van der Waals surface area contributed by atoms with Gasteiger partial charge < -0.3 is 9.64 Å². The molecule has 0 unspecified atom stereocenters. The maximum atomic E-state index is 13.8. The summed E-state index contributed by atoms with van der Waals surface area (Å²) in [5.41, 5.74) is 1.53. The molecule has 1 aromatic carbocycles. The number of fused-ring (bicyclic) bond motifs is 1. The van der Waals surface area contributed by atoms with E-state index in [4.69, 9.17) is 9.73 Å². The summed E-state index contributed by atoms with van der Waals surface area (Å²) in [6.45, 7) is 3.27. The number of rotatable bonds is 7. The second-order valence-corrected chi connectivity index (χ2v) is 10.9. The third-order valence-corrected chi connectivity index (χ3v) is 7.77. The van der Waals surface area contributed by atoms with E-state index >= 15 is 0 Å². The smallest absolute Gasteiger partial charge is 0.404 e. The van der Waals surface area contributed by atoms with Gasteiger partial charge in [-0.25, -0.2) is 27.3 Å². The van der Waals surface area contributed by atoms with Crippen molar-refractivity contribution in [2.75, 3.05) is 18.9 Å². The Morgan fingerprint density at radius 2 is 2.08 bits per heavy atom. The molecule has 1 aromatic heterocycles. The Kier molecular flexibility index (Phi) is 7.21. The fourth-order valence-corrected chi connectivity index (χ4v) is 6.15. The number of esters is 1. The largest absolute Gasteiger partial charge is 0.463 e. The minimum atomic E-state index is -4.91. The maximum Gasteiger partial charge on any atom is 0.404 e. The molecular formula is C22H22F4N4O4S2. The number of benzene rings is 1. The summed E-state index contributed by atoms with van der Waals surface area (Å²) in [5, 5.41) is 2.18. The molecule has 2 atom stereocenters. The molecule has 2 aliphatic rings. The number of amidine groups is 1. The van der Waals surface area contributed by atoms with Crippen molar-refractivity contribution in [1.29, 1.82) is 0 Å². The maximum absolute atomic E-state index is 13.8. The quantitative estimate of drug-likeness (QED) is 0.422. The van der Waals surface area contributed by atoms with E-state index in [-0.39, 0.29) is 25.1 Å². The van der Waals surface area contributed by atoms with Crippen LogP contribution in [0.5, 0.6) is 0 Å². The molecule has 0 spiro atoms. The summed E-state index contributed by atoms with van der Waals surface area (Å²) in [6, 6.07) is 2.17. The van der Waals surface area contributed by atoms with Crippen molar-refractivity contribution in [2.24, 2.45) is 4.99 Å². The van der Waals surface area contributed by atoms with Crippen LogP contribution in [0.3, 0.4) is 0 Å². The molecule has 1 saturated heterocycles. The van der Waals surface area contributed by atoms with Crippen molar-refractivity contribution >= 4 is 33.2 Å². The van der Waals surface area contributed by atoms with Crippen LogP contribution in [0.25, 0.3) is 0 Å². The number of aryl methyl sites for hydroxylation is 1. The zero-order valence-electron chi connectivity index (χ0n) is 19.2. The van der Waals surface area contributed by atoms with E-state index in [0.29, 0.717) is 27.7 Å². The Hall–Kier alpha value is -2.84. The van der Waals surface area contributed by atoms with Crippen LogP contribution in [0.4, 0.5) is 17.6 Å². The van der Waals surface area contributed by atoms with Gasteiger partial charge >= 0.3 is 12.1 Å². The first-order valence-electron chi connectivity index (χ1n) is 10.9. The number of hydrogen-bond donors (Lipinski definition) is 1. The number of carbonyl (C=O) groups excluding carboxylic acids is 1. The van der Waals surface area contributed by atoms with E-state index in [1.165, 1.54) is 29.5 Å². The number of halogens is 4. The van der Waals surface area contributed by atoms with Gasteiger partial charge in [0.25, 0.3) is 0 Å². The Labute approximate surface area is 208 Å². The second-order valence-electron chi connectivity index (χ2n) is 8.28. The van der Waals surface area contributed by atoms with Gasteiger partial charge in [0.1, 0.15) is 11.9 Å². The van der Waals surface area contributed by atoms with Crippen LogP contribution in [0.2, 0.25) is 0 Å². The molecule has 8 nitrogen and oxygen atoms in total. The molecule has 36 heavy (non-hydrogen) atoms. The molecule has 0 amide bonds. The van der Waals surface area contributed by atoms with E-state index in [0.717, 1.165) is 0 Å². The van der Waals surface area contributed by atoms with Gasteiger partial charge in [-0.3, -0.25) is 4.99 Å². The molecule has 3 heterocycles. The average Bonchev–Trinajstić information content (AvgIpc) is 3.40. The molecule has 0 bridgehead atoms. The zero-order valence-corrected chi connectivity index (χ0v) is 20.8. The van der Waals surface area contributed by atoms with E-state index in [1.807, 2.05) is 0 Å². The molecule has 2 aromatic rings.